The summed E-state index contributed by atoms with van der Waals surface area (Å²) < 4.78 is 28.5. The first-order valence-electron chi connectivity index (χ1n) is 11.1. The van der Waals surface area contributed by atoms with Gasteiger partial charge in [0.05, 0.1) is 10.8 Å². The van der Waals surface area contributed by atoms with Crippen molar-refractivity contribution in [2.24, 2.45) is 5.92 Å². The number of hydrogen-bond donors (Lipinski definition) is 0. The molecule has 0 unspecified atom stereocenters. The number of carbonyl (C=O) groups is 1. The van der Waals surface area contributed by atoms with Crippen LogP contribution in [0.3, 0.4) is 0 Å². The van der Waals surface area contributed by atoms with Crippen LogP contribution < -0.4 is 4.90 Å². The Balaban J connectivity index is 1.40. The molecule has 1 amide bonds. The lowest BCUT2D eigenvalue weighted by atomic mass is 9.97. The monoisotopic (exact) mass is 519 g/mol. The van der Waals surface area contributed by atoms with E-state index in [1.807, 2.05) is 4.90 Å². The topological polar surface area (TPSA) is 60.9 Å². The molecule has 172 valence electrons. The summed E-state index contributed by atoms with van der Waals surface area (Å²) in [5.41, 5.74) is 3.80. The van der Waals surface area contributed by atoms with Gasteiger partial charge in [-0.1, -0.05) is 28.1 Å². The van der Waals surface area contributed by atoms with E-state index in [1.165, 1.54) is 21.1 Å². The van der Waals surface area contributed by atoms with Crippen LogP contribution in [-0.4, -0.2) is 62.8 Å². The molecule has 0 aliphatic carbocycles. The van der Waals surface area contributed by atoms with E-state index >= 15 is 0 Å². The number of rotatable bonds is 4. The molecule has 0 saturated carbocycles. The minimum absolute atomic E-state index is 0.0846. The number of amides is 1. The number of anilines is 1. The maximum Gasteiger partial charge on any atom is 0.243 e. The van der Waals surface area contributed by atoms with E-state index in [9.17, 15) is 13.2 Å². The quantitative estimate of drug-likeness (QED) is 0.615. The van der Waals surface area contributed by atoms with E-state index in [4.69, 9.17) is 0 Å². The van der Waals surface area contributed by atoms with Crippen molar-refractivity contribution in [1.29, 1.82) is 0 Å². The summed E-state index contributed by atoms with van der Waals surface area (Å²) in [7, 11) is -3.60. The Morgan fingerprint density at radius 2 is 1.66 bits per heavy atom. The molecule has 2 saturated heterocycles. The molecule has 2 aliphatic heterocycles. The van der Waals surface area contributed by atoms with E-state index in [2.05, 4.69) is 52.9 Å². The first-order valence-corrected chi connectivity index (χ1v) is 13.4. The smallest absolute Gasteiger partial charge is 0.243 e. The molecule has 2 aromatic carbocycles. The van der Waals surface area contributed by atoms with Gasteiger partial charge < -0.3 is 9.80 Å². The first kappa shape index (κ1) is 23.3. The molecule has 6 nitrogen and oxygen atoms in total. The lowest BCUT2D eigenvalue weighted by molar-refractivity contribution is -0.137. The Morgan fingerprint density at radius 1 is 0.969 bits per heavy atom. The first-order chi connectivity index (χ1) is 15.3. The Hall–Kier alpha value is -1.90. The van der Waals surface area contributed by atoms with E-state index in [0.717, 1.165) is 24.0 Å². The minimum atomic E-state index is -3.60. The number of piperidine rings is 1. The molecule has 8 heteroatoms. The molecular weight excluding hydrogens is 490 g/mol. The van der Waals surface area contributed by atoms with Crippen LogP contribution in [0.2, 0.25) is 0 Å². The van der Waals surface area contributed by atoms with Crippen molar-refractivity contribution in [2.45, 2.75) is 31.6 Å². The number of benzene rings is 2. The number of nitrogens with zero attached hydrogens (tertiary/aromatic N) is 3. The summed E-state index contributed by atoms with van der Waals surface area (Å²) in [5.74, 6) is -0.192. The maximum absolute atomic E-state index is 13.3. The molecule has 2 aromatic rings. The predicted octanol–water partition coefficient (Wildman–Crippen LogP) is 3.82. The van der Waals surface area contributed by atoms with E-state index in [0.29, 0.717) is 26.1 Å². The van der Waals surface area contributed by atoms with Gasteiger partial charge in [0.25, 0.3) is 0 Å². The highest BCUT2D eigenvalue weighted by molar-refractivity contribution is 9.10. The molecular formula is C24H30BrN3O3S. The molecule has 2 aliphatic rings. The largest absolute Gasteiger partial charge is 0.368 e. The molecule has 2 heterocycles. The third kappa shape index (κ3) is 4.72. The van der Waals surface area contributed by atoms with Crippen molar-refractivity contribution in [2.75, 3.05) is 44.2 Å². The van der Waals surface area contributed by atoms with Gasteiger partial charge in [0.2, 0.25) is 15.9 Å². The van der Waals surface area contributed by atoms with Gasteiger partial charge in [-0.3, -0.25) is 4.79 Å². The van der Waals surface area contributed by atoms with Crippen LogP contribution >= 0.6 is 15.9 Å². The third-order valence-corrected chi connectivity index (χ3v) is 9.10. The Labute approximate surface area is 199 Å². The average molecular weight is 520 g/mol. The van der Waals surface area contributed by atoms with E-state index in [-0.39, 0.29) is 23.3 Å². The SMILES string of the molecule is Cc1cccc(N2CCN(C(=O)[C@H]3CCCN(S(=O)(=O)c4ccc(Br)cc4)C3)CC2)c1C. The molecule has 0 aromatic heterocycles. The summed E-state index contributed by atoms with van der Waals surface area (Å²) in [6.07, 6.45) is 1.44. The maximum atomic E-state index is 13.3. The second-order valence-corrected chi connectivity index (χ2v) is 11.5. The van der Waals surface area contributed by atoms with E-state index < -0.39 is 10.0 Å². The highest BCUT2D eigenvalue weighted by Crippen LogP contribution is 2.28. The molecule has 2 fully saturated rings. The number of halogens is 1. The number of carbonyl (C=O) groups excluding carboxylic acids is 1. The lowest BCUT2D eigenvalue weighted by Gasteiger charge is -2.40. The summed E-state index contributed by atoms with van der Waals surface area (Å²) in [6.45, 7) is 7.91. The Bertz CT molecular complexity index is 1080. The van der Waals surface area contributed by atoms with Crippen molar-refractivity contribution >= 4 is 37.5 Å². The second kappa shape index (κ2) is 9.53. The van der Waals surface area contributed by atoms with Gasteiger partial charge in [0.1, 0.15) is 0 Å². The van der Waals surface area contributed by atoms with Crippen LogP contribution in [-0.2, 0) is 14.8 Å². The third-order valence-electron chi connectivity index (χ3n) is 6.69. The summed E-state index contributed by atoms with van der Waals surface area (Å²) in [6, 6.07) is 13.0. The fourth-order valence-electron chi connectivity index (χ4n) is 4.62. The van der Waals surface area contributed by atoms with Gasteiger partial charge >= 0.3 is 0 Å². The van der Waals surface area contributed by atoms with Crippen LogP contribution in [0.15, 0.2) is 51.8 Å². The van der Waals surface area contributed by atoms with Crippen molar-refractivity contribution in [3.05, 3.63) is 58.1 Å². The van der Waals surface area contributed by atoms with Crippen LogP contribution in [0.5, 0.6) is 0 Å². The molecule has 0 bridgehead atoms. The van der Waals surface area contributed by atoms with Gasteiger partial charge in [-0.25, -0.2) is 8.42 Å². The predicted molar refractivity (Wildman–Crippen MR) is 130 cm³/mol. The summed E-state index contributed by atoms with van der Waals surface area (Å²) in [5, 5.41) is 0. The molecule has 32 heavy (non-hydrogen) atoms. The number of piperazine rings is 1. The second-order valence-electron chi connectivity index (χ2n) is 8.69. The van der Waals surface area contributed by atoms with Crippen molar-refractivity contribution in [1.82, 2.24) is 9.21 Å². The van der Waals surface area contributed by atoms with Crippen LogP contribution in [0.1, 0.15) is 24.0 Å². The summed E-state index contributed by atoms with van der Waals surface area (Å²) >= 11 is 3.35. The van der Waals surface area contributed by atoms with Gasteiger partial charge in [-0.15, -0.1) is 0 Å². The number of sulfonamides is 1. The van der Waals surface area contributed by atoms with Crippen molar-refractivity contribution in [3.63, 3.8) is 0 Å². The molecule has 4 rings (SSSR count). The van der Waals surface area contributed by atoms with Crippen LogP contribution in [0, 0.1) is 19.8 Å². The van der Waals surface area contributed by atoms with Gasteiger partial charge in [0.15, 0.2) is 0 Å². The van der Waals surface area contributed by atoms with Crippen LogP contribution in [0.25, 0.3) is 0 Å². The highest BCUT2D eigenvalue weighted by Gasteiger charge is 2.36. The van der Waals surface area contributed by atoms with Crippen LogP contribution in [0.4, 0.5) is 5.69 Å². The Kier molecular flexibility index (Phi) is 6.93. The summed E-state index contributed by atoms with van der Waals surface area (Å²) in [4.78, 5) is 17.8. The normalized spacial score (nSPS) is 20.4. The molecule has 0 radical (unpaired) electrons. The number of aryl methyl sites for hydroxylation is 1. The average Bonchev–Trinajstić information content (AvgIpc) is 2.81. The Morgan fingerprint density at radius 3 is 2.34 bits per heavy atom. The molecule has 0 N–H and O–H groups in total. The molecule has 0 spiro atoms. The zero-order valence-corrected chi connectivity index (χ0v) is 21.0. The fraction of sp³-hybridized carbons (Fsp3) is 0.458. The van der Waals surface area contributed by atoms with Crippen molar-refractivity contribution < 1.29 is 13.2 Å². The fourth-order valence-corrected chi connectivity index (χ4v) is 6.41. The van der Waals surface area contributed by atoms with E-state index in [1.54, 1.807) is 24.3 Å². The zero-order chi connectivity index (χ0) is 22.9. The highest BCUT2D eigenvalue weighted by atomic mass is 79.9. The lowest BCUT2D eigenvalue weighted by Crippen LogP contribution is -2.53. The van der Waals surface area contributed by atoms with Gasteiger partial charge in [-0.2, -0.15) is 4.31 Å². The van der Waals surface area contributed by atoms with Gasteiger partial charge in [-0.05, 0) is 68.1 Å². The zero-order valence-electron chi connectivity index (χ0n) is 18.6. The molecule has 1 atom stereocenters. The van der Waals surface area contributed by atoms with Gasteiger partial charge in [0, 0.05) is 49.4 Å². The van der Waals surface area contributed by atoms with Crippen molar-refractivity contribution in [3.8, 4) is 0 Å². The minimum Gasteiger partial charge on any atom is -0.368 e. The number of hydrogen-bond acceptors (Lipinski definition) is 4. The standard InChI is InChI=1S/C24H30BrN3O3S/c1-18-5-3-7-23(19(18)2)26-13-15-27(16-14-26)24(29)20-6-4-12-28(17-20)32(30,31)22-10-8-21(25)9-11-22/h3,5,7-11,20H,4,6,12-17H2,1-2H3/t20-/m0/s1.